The van der Waals surface area contributed by atoms with E-state index < -0.39 is 0 Å². The number of hydrogen-bond acceptors (Lipinski definition) is 2. The zero-order valence-corrected chi connectivity index (χ0v) is 16.4. The van der Waals surface area contributed by atoms with E-state index in [9.17, 15) is 4.79 Å². The van der Waals surface area contributed by atoms with E-state index in [-0.39, 0.29) is 5.91 Å². The Morgan fingerprint density at radius 1 is 1.00 bits per heavy atom. The van der Waals surface area contributed by atoms with Gasteiger partial charge in [-0.25, -0.2) is 0 Å². The Balaban J connectivity index is 1.79. The Bertz CT molecular complexity index is 698. The fourth-order valence-electron chi connectivity index (χ4n) is 2.70. The molecule has 0 spiro atoms. The molecule has 140 valence electrons. The molecule has 3 nitrogen and oxygen atoms in total. The molecular formula is C22H28ClNO2. The fourth-order valence-corrected chi connectivity index (χ4v) is 2.87. The van der Waals surface area contributed by atoms with Crippen molar-refractivity contribution >= 4 is 23.2 Å². The maximum Gasteiger partial charge on any atom is 0.255 e. The van der Waals surface area contributed by atoms with Crippen molar-refractivity contribution in [3.8, 4) is 5.75 Å². The highest BCUT2D eigenvalue weighted by atomic mass is 35.5. The van der Waals surface area contributed by atoms with Crippen LogP contribution in [0.5, 0.6) is 5.75 Å². The van der Waals surface area contributed by atoms with Crippen LogP contribution in [0.25, 0.3) is 0 Å². The molecule has 0 aliphatic heterocycles. The number of amides is 1. The van der Waals surface area contributed by atoms with Gasteiger partial charge in [0.25, 0.3) is 5.91 Å². The molecule has 0 saturated heterocycles. The highest BCUT2D eigenvalue weighted by Crippen LogP contribution is 2.21. The van der Waals surface area contributed by atoms with E-state index in [2.05, 4.69) is 12.2 Å². The van der Waals surface area contributed by atoms with Crippen molar-refractivity contribution in [2.75, 3.05) is 11.9 Å². The third kappa shape index (κ3) is 6.72. The summed E-state index contributed by atoms with van der Waals surface area (Å²) in [5, 5.41) is 3.50. The fraction of sp³-hybridized carbons (Fsp3) is 0.409. The monoisotopic (exact) mass is 373 g/mol. The second-order valence-corrected chi connectivity index (χ2v) is 6.99. The van der Waals surface area contributed by atoms with Gasteiger partial charge in [0, 0.05) is 16.3 Å². The minimum Gasteiger partial charge on any atom is -0.494 e. The number of benzene rings is 2. The SMILES string of the molecule is CCCCCCCCOc1ccc(C(=O)Nc2cc(Cl)ccc2C)cc1. The van der Waals surface area contributed by atoms with Crippen molar-refractivity contribution in [2.24, 2.45) is 0 Å². The van der Waals surface area contributed by atoms with Crippen LogP contribution >= 0.6 is 11.6 Å². The number of unbranched alkanes of at least 4 members (excludes halogenated alkanes) is 5. The Morgan fingerprint density at radius 3 is 2.42 bits per heavy atom. The number of aryl methyl sites for hydroxylation is 1. The van der Waals surface area contributed by atoms with Gasteiger partial charge in [-0.05, 0) is 55.3 Å². The Hall–Kier alpha value is -2.00. The van der Waals surface area contributed by atoms with Crippen LogP contribution in [-0.2, 0) is 0 Å². The minimum absolute atomic E-state index is 0.155. The first-order chi connectivity index (χ1) is 12.6. The lowest BCUT2D eigenvalue weighted by atomic mass is 10.1. The third-order valence-corrected chi connectivity index (χ3v) is 4.57. The van der Waals surface area contributed by atoms with E-state index in [1.165, 1.54) is 32.1 Å². The molecular weight excluding hydrogens is 346 g/mol. The predicted molar refractivity (Wildman–Crippen MR) is 109 cm³/mol. The number of rotatable bonds is 10. The molecule has 0 fully saturated rings. The van der Waals surface area contributed by atoms with Crippen molar-refractivity contribution in [3.05, 3.63) is 58.6 Å². The third-order valence-electron chi connectivity index (χ3n) is 4.33. The van der Waals surface area contributed by atoms with Crippen molar-refractivity contribution in [2.45, 2.75) is 52.4 Å². The molecule has 0 aromatic heterocycles. The lowest BCUT2D eigenvalue weighted by Crippen LogP contribution is -2.12. The summed E-state index contributed by atoms with van der Waals surface area (Å²) in [5.41, 5.74) is 2.30. The number of ether oxygens (including phenoxy) is 1. The summed E-state index contributed by atoms with van der Waals surface area (Å²) >= 11 is 6.00. The number of halogens is 1. The standard InChI is InChI=1S/C22H28ClNO2/c1-3-4-5-6-7-8-15-26-20-13-10-18(11-14-20)22(25)24-21-16-19(23)12-9-17(21)2/h9-14,16H,3-8,15H2,1-2H3,(H,24,25). The first-order valence-corrected chi connectivity index (χ1v) is 9.78. The van der Waals surface area contributed by atoms with Crippen LogP contribution in [0.4, 0.5) is 5.69 Å². The molecule has 0 radical (unpaired) electrons. The molecule has 0 unspecified atom stereocenters. The number of nitrogens with one attached hydrogen (secondary N) is 1. The van der Waals surface area contributed by atoms with Gasteiger partial charge in [-0.3, -0.25) is 4.79 Å². The van der Waals surface area contributed by atoms with Crippen molar-refractivity contribution in [1.29, 1.82) is 0 Å². The lowest BCUT2D eigenvalue weighted by molar-refractivity contribution is 0.102. The quantitative estimate of drug-likeness (QED) is 0.474. The Morgan fingerprint density at radius 2 is 1.69 bits per heavy atom. The molecule has 0 saturated carbocycles. The second kappa shape index (κ2) is 10.9. The molecule has 1 N–H and O–H groups in total. The zero-order chi connectivity index (χ0) is 18.8. The van der Waals surface area contributed by atoms with E-state index in [0.29, 0.717) is 10.6 Å². The molecule has 0 atom stereocenters. The normalized spacial score (nSPS) is 10.6. The summed E-state index contributed by atoms with van der Waals surface area (Å²) in [7, 11) is 0. The van der Waals surface area contributed by atoms with Gasteiger partial charge < -0.3 is 10.1 Å². The first kappa shape index (κ1) is 20.3. The van der Waals surface area contributed by atoms with Gasteiger partial charge in [-0.2, -0.15) is 0 Å². The minimum atomic E-state index is -0.155. The van der Waals surface area contributed by atoms with Gasteiger partial charge in [-0.15, -0.1) is 0 Å². The summed E-state index contributed by atoms with van der Waals surface area (Å²) in [6.07, 6.45) is 7.46. The summed E-state index contributed by atoms with van der Waals surface area (Å²) in [6, 6.07) is 12.7. The molecule has 2 rings (SSSR count). The van der Waals surface area contributed by atoms with E-state index in [1.807, 2.05) is 31.2 Å². The van der Waals surface area contributed by atoms with Gasteiger partial charge in [-0.1, -0.05) is 56.7 Å². The van der Waals surface area contributed by atoms with Crippen LogP contribution in [0.2, 0.25) is 5.02 Å². The summed E-state index contributed by atoms with van der Waals surface area (Å²) in [6.45, 7) is 4.88. The summed E-state index contributed by atoms with van der Waals surface area (Å²) < 4.78 is 5.75. The molecule has 2 aromatic rings. The van der Waals surface area contributed by atoms with Crippen LogP contribution in [0.3, 0.4) is 0 Å². The highest BCUT2D eigenvalue weighted by molar-refractivity contribution is 6.31. The maximum atomic E-state index is 12.4. The van der Waals surface area contributed by atoms with Crippen LogP contribution < -0.4 is 10.1 Å². The topological polar surface area (TPSA) is 38.3 Å². The Labute approximate surface area is 161 Å². The van der Waals surface area contributed by atoms with Crippen LogP contribution in [0.1, 0.15) is 61.4 Å². The molecule has 0 aliphatic rings. The maximum absolute atomic E-state index is 12.4. The average Bonchev–Trinajstić information content (AvgIpc) is 2.64. The predicted octanol–water partition coefficient (Wildman–Crippen LogP) is 6.64. The number of carbonyl (C=O) groups excluding carboxylic acids is 1. The lowest BCUT2D eigenvalue weighted by Gasteiger charge is -2.10. The van der Waals surface area contributed by atoms with Crippen LogP contribution in [0.15, 0.2) is 42.5 Å². The van der Waals surface area contributed by atoms with Gasteiger partial charge in [0.1, 0.15) is 5.75 Å². The van der Waals surface area contributed by atoms with Gasteiger partial charge in [0.15, 0.2) is 0 Å². The number of anilines is 1. The number of hydrogen-bond donors (Lipinski definition) is 1. The highest BCUT2D eigenvalue weighted by Gasteiger charge is 2.08. The molecule has 0 aliphatic carbocycles. The van der Waals surface area contributed by atoms with Crippen LogP contribution in [0, 0.1) is 6.92 Å². The second-order valence-electron chi connectivity index (χ2n) is 6.55. The molecule has 0 heterocycles. The zero-order valence-electron chi connectivity index (χ0n) is 15.7. The van der Waals surface area contributed by atoms with E-state index in [4.69, 9.17) is 16.3 Å². The first-order valence-electron chi connectivity index (χ1n) is 9.40. The van der Waals surface area contributed by atoms with E-state index in [0.717, 1.165) is 30.0 Å². The molecule has 0 bridgehead atoms. The van der Waals surface area contributed by atoms with Crippen molar-refractivity contribution in [1.82, 2.24) is 0 Å². The summed E-state index contributed by atoms with van der Waals surface area (Å²) in [4.78, 5) is 12.4. The van der Waals surface area contributed by atoms with Gasteiger partial charge in [0.2, 0.25) is 0 Å². The van der Waals surface area contributed by atoms with Crippen LogP contribution in [-0.4, -0.2) is 12.5 Å². The average molecular weight is 374 g/mol. The van der Waals surface area contributed by atoms with E-state index >= 15 is 0 Å². The van der Waals surface area contributed by atoms with Crippen molar-refractivity contribution < 1.29 is 9.53 Å². The molecule has 2 aromatic carbocycles. The largest absolute Gasteiger partial charge is 0.494 e. The van der Waals surface area contributed by atoms with Gasteiger partial charge in [0.05, 0.1) is 6.61 Å². The number of carbonyl (C=O) groups is 1. The summed E-state index contributed by atoms with van der Waals surface area (Å²) in [5.74, 6) is 0.645. The van der Waals surface area contributed by atoms with E-state index in [1.54, 1.807) is 18.2 Å². The molecule has 26 heavy (non-hydrogen) atoms. The molecule has 4 heteroatoms. The molecule has 1 amide bonds. The Kier molecular flexibility index (Phi) is 8.49. The van der Waals surface area contributed by atoms with Gasteiger partial charge >= 0.3 is 0 Å². The van der Waals surface area contributed by atoms with Crippen molar-refractivity contribution in [3.63, 3.8) is 0 Å². The smallest absolute Gasteiger partial charge is 0.255 e.